The molecule has 0 bridgehead atoms. The minimum atomic E-state index is -4.69. The summed E-state index contributed by atoms with van der Waals surface area (Å²) in [6.45, 7) is 3.32. The second-order valence-corrected chi connectivity index (χ2v) is 4.12. The van der Waals surface area contributed by atoms with Crippen LogP contribution >= 0.6 is 0 Å². The first kappa shape index (κ1) is 12.8. The number of aliphatic hydroxyl groups is 1. The van der Waals surface area contributed by atoms with E-state index in [1.807, 2.05) is 0 Å². The largest absolute Gasteiger partial charge is 0.573 e. The first-order chi connectivity index (χ1) is 7.24. The lowest BCUT2D eigenvalue weighted by Gasteiger charge is -2.22. The summed E-state index contributed by atoms with van der Waals surface area (Å²) in [5.74, 6) is -0.272. The SMILES string of the molecule is CC(C)(CO)c1cccc(OC(F)(F)F)c1. The van der Waals surface area contributed by atoms with Crippen LogP contribution in [-0.2, 0) is 5.41 Å². The van der Waals surface area contributed by atoms with E-state index in [4.69, 9.17) is 5.11 Å². The van der Waals surface area contributed by atoms with Crippen LogP contribution in [-0.4, -0.2) is 18.1 Å². The first-order valence-electron chi connectivity index (χ1n) is 4.72. The van der Waals surface area contributed by atoms with Crippen molar-refractivity contribution < 1.29 is 23.0 Å². The number of alkyl halides is 3. The van der Waals surface area contributed by atoms with E-state index >= 15 is 0 Å². The van der Waals surface area contributed by atoms with E-state index in [0.717, 1.165) is 0 Å². The summed E-state index contributed by atoms with van der Waals surface area (Å²) < 4.78 is 39.7. The molecule has 0 heterocycles. The predicted octanol–water partition coefficient (Wildman–Crippen LogP) is 2.86. The van der Waals surface area contributed by atoms with Crippen molar-refractivity contribution in [3.8, 4) is 5.75 Å². The molecule has 0 aliphatic rings. The average Bonchev–Trinajstić information content (AvgIpc) is 2.15. The number of rotatable bonds is 3. The molecule has 0 atom stereocenters. The van der Waals surface area contributed by atoms with Crippen LogP contribution in [0.4, 0.5) is 13.2 Å². The summed E-state index contributed by atoms with van der Waals surface area (Å²) in [4.78, 5) is 0. The summed E-state index contributed by atoms with van der Waals surface area (Å²) in [6.07, 6.45) is -4.69. The van der Waals surface area contributed by atoms with Crippen LogP contribution in [0.15, 0.2) is 24.3 Å². The lowest BCUT2D eigenvalue weighted by atomic mass is 9.85. The van der Waals surface area contributed by atoms with Gasteiger partial charge < -0.3 is 9.84 Å². The lowest BCUT2D eigenvalue weighted by molar-refractivity contribution is -0.274. The molecule has 0 radical (unpaired) electrons. The van der Waals surface area contributed by atoms with Gasteiger partial charge in [0.25, 0.3) is 0 Å². The first-order valence-corrected chi connectivity index (χ1v) is 4.72. The fourth-order valence-corrected chi connectivity index (χ4v) is 1.21. The Kier molecular flexibility index (Phi) is 3.48. The Morgan fingerprint density at radius 2 is 1.88 bits per heavy atom. The Hall–Kier alpha value is -1.23. The van der Waals surface area contributed by atoms with Gasteiger partial charge in [-0.05, 0) is 17.7 Å². The van der Waals surface area contributed by atoms with Gasteiger partial charge in [-0.15, -0.1) is 13.2 Å². The van der Waals surface area contributed by atoms with E-state index in [-0.39, 0.29) is 12.4 Å². The fourth-order valence-electron chi connectivity index (χ4n) is 1.21. The zero-order valence-electron chi connectivity index (χ0n) is 9.01. The third-order valence-electron chi connectivity index (χ3n) is 2.24. The Morgan fingerprint density at radius 1 is 1.25 bits per heavy atom. The van der Waals surface area contributed by atoms with Crippen molar-refractivity contribution in [3.63, 3.8) is 0 Å². The van der Waals surface area contributed by atoms with Crippen molar-refractivity contribution in [2.45, 2.75) is 25.6 Å². The van der Waals surface area contributed by atoms with Crippen molar-refractivity contribution in [1.82, 2.24) is 0 Å². The predicted molar refractivity (Wildman–Crippen MR) is 53.2 cm³/mol. The van der Waals surface area contributed by atoms with Crippen LogP contribution in [0, 0.1) is 0 Å². The molecule has 1 N–H and O–H groups in total. The maximum Gasteiger partial charge on any atom is 0.573 e. The Labute approximate surface area is 91.7 Å². The van der Waals surface area contributed by atoms with Gasteiger partial charge in [-0.3, -0.25) is 0 Å². The number of ether oxygens (including phenoxy) is 1. The van der Waals surface area contributed by atoms with Crippen LogP contribution in [0.25, 0.3) is 0 Å². The Bertz CT molecular complexity index is 358. The minimum Gasteiger partial charge on any atom is -0.406 e. The summed E-state index contributed by atoms with van der Waals surface area (Å²) in [5, 5.41) is 9.11. The molecule has 0 aromatic heterocycles. The third kappa shape index (κ3) is 3.41. The van der Waals surface area contributed by atoms with Gasteiger partial charge >= 0.3 is 6.36 Å². The maximum atomic E-state index is 12.0. The molecule has 5 heteroatoms. The second-order valence-electron chi connectivity index (χ2n) is 4.12. The molecular weight excluding hydrogens is 221 g/mol. The van der Waals surface area contributed by atoms with Gasteiger partial charge in [0.05, 0.1) is 6.61 Å². The quantitative estimate of drug-likeness (QED) is 0.871. The molecule has 0 spiro atoms. The number of hydrogen-bond acceptors (Lipinski definition) is 2. The molecule has 0 saturated carbocycles. The summed E-state index contributed by atoms with van der Waals surface area (Å²) in [7, 11) is 0. The van der Waals surface area contributed by atoms with Crippen molar-refractivity contribution in [1.29, 1.82) is 0 Å². The highest BCUT2D eigenvalue weighted by Crippen LogP contribution is 2.28. The lowest BCUT2D eigenvalue weighted by Crippen LogP contribution is -2.22. The normalized spacial score (nSPS) is 12.6. The van der Waals surface area contributed by atoms with E-state index in [9.17, 15) is 13.2 Å². The summed E-state index contributed by atoms with van der Waals surface area (Å²) in [5.41, 5.74) is 0.00192. The topological polar surface area (TPSA) is 29.5 Å². The highest BCUT2D eigenvalue weighted by Gasteiger charge is 2.31. The molecule has 0 amide bonds. The zero-order valence-corrected chi connectivity index (χ0v) is 9.01. The number of halogens is 3. The molecule has 90 valence electrons. The van der Waals surface area contributed by atoms with E-state index in [0.29, 0.717) is 5.56 Å². The van der Waals surface area contributed by atoms with Gasteiger partial charge in [0, 0.05) is 5.41 Å². The molecule has 0 unspecified atom stereocenters. The van der Waals surface area contributed by atoms with E-state index < -0.39 is 11.8 Å². The number of hydrogen-bond donors (Lipinski definition) is 1. The second kappa shape index (κ2) is 4.33. The van der Waals surface area contributed by atoms with Gasteiger partial charge in [-0.1, -0.05) is 26.0 Å². The van der Waals surface area contributed by atoms with Gasteiger partial charge in [-0.2, -0.15) is 0 Å². The van der Waals surface area contributed by atoms with Crippen molar-refractivity contribution >= 4 is 0 Å². The van der Waals surface area contributed by atoms with Crippen molar-refractivity contribution in [2.75, 3.05) is 6.61 Å². The molecule has 2 nitrogen and oxygen atoms in total. The smallest absolute Gasteiger partial charge is 0.406 e. The molecule has 0 fully saturated rings. The van der Waals surface area contributed by atoms with E-state index in [1.54, 1.807) is 19.9 Å². The maximum absolute atomic E-state index is 12.0. The molecule has 0 aliphatic carbocycles. The minimum absolute atomic E-state index is 0.150. The Morgan fingerprint density at radius 3 is 2.38 bits per heavy atom. The van der Waals surface area contributed by atoms with Gasteiger partial charge in [0.1, 0.15) is 5.75 Å². The van der Waals surface area contributed by atoms with E-state index in [1.165, 1.54) is 18.2 Å². The summed E-state index contributed by atoms with van der Waals surface area (Å²) in [6, 6.07) is 5.63. The fraction of sp³-hybridized carbons (Fsp3) is 0.455. The number of benzene rings is 1. The van der Waals surface area contributed by atoms with Gasteiger partial charge in [0.15, 0.2) is 0 Å². The zero-order chi connectivity index (χ0) is 12.4. The molecular formula is C11H13F3O2. The van der Waals surface area contributed by atoms with Crippen LogP contribution < -0.4 is 4.74 Å². The molecule has 16 heavy (non-hydrogen) atoms. The highest BCUT2D eigenvalue weighted by atomic mass is 19.4. The third-order valence-corrected chi connectivity index (χ3v) is 2.24. The Balaban J connectivity index is 2.96. The van der Waals surface area contributed by atoms with Gasteiger partial charge in [0.2, 0.25) is 0 Å². The van der Waals surface area contributed by atoms with Crippen molar-refractivity contribution in [3.05, 3.63) is 29.8 Å². The molecule has 0 saturated heterocycles. The molecule has 1 aromatic carbocycles. The average molecular weight is 234 g/mol. The molecule has 1 aromatic rings. The molecule has 0 aliphatic heterocycles. The van der Waals surface area contributed by atoms with Gasteiger partial charge in [-0.25, -0.2) is 0 Å². The van der Waals surface area contributed by atoms with E-state index in [2.05, 4.69) is 4.74 Å². The van der Waals surface area contributed by atoms with Crippen LogP contribution in [0.3, 0.4) is 0 Å². The van der Waals surface area contributed by atoms with Crippen molar-refractivity contribution in [2.24, 2.45) is 0 Å². The standard InChI is InChI=1S/C11H13F3O2/c1-10(2,7-15)8-4-3-5-9(6-8)16-11(12,13)14/h3-6,15H,7H2,1-2H3. The molecule has 1 rings (SSSR count). The van der Waals surface area contributed by atoms with Crippen LogP contribution in [0.1, 0.15) is 19.4 Å². The summed E-state index contributed by atoms with van der Waals surface area (Å²) >= 11 is 0. The monoisotopic (exact) mass is 234 g/mol. The van der Waals surface area contributed by atoms with Crippen LogP contribution in [0.2, 0.25) is 0 Å². The highest BCUT2D eigenvalue weighted by molar-refractivity contribution is 5.33. The van der Waals surface area contributed by atoms with Crippen LogP contribution in [0.5, 0.6) is 5.75 Å². The number of aliphatic hydroxyl groups excluding tert-OH is 1.